The average Bonchev–Trinajstić information content (AvgIpc) is 2.15. The predicted octanol–water partition coefficient (Wildman–Crippen LogP) is 4.39. The highest BCUT2D eigenvalue weighted by atomic mass is 79.9. The van der Waals surface area contributed by atoms with Crippen molar-refractivity contribution >= 4 is 38.3 Å². The summed E-state index contributed by atoms with van der Waals surface area (Å²) in [5.74, 6) is -0.396. The zero-order valence-electron chi connectivity index (χ0n) is 6.52. The highest BCUT2D eigenvalue weighted by molar-refractivity contribution is 9.10. The topological polar surface area (TPSA) is 0 Å². The summed E-state index contributed by atoms with van der Waals surface area (Å²) in [7, 11) is 0. The smallest absolute Gasteiger partial charge is 0.143 e. The standard InChI is InChI=1S/C10H5BrClF/c11-8-5-9(13)10(12)7-4-2-1-3-6(7)8/h1-5H. The van der Waals surface area contributed by atoms with Gasteiger partial charge in [-0.2, -0.15) is 0 Å². The summed E-state index contributed by atoms with van der Waals surface area (Å²) in [5, 5.41) is 1.84. The third-order valence-corrected chi connectivity index (χ3v) is 2.92. The molecule has 0 bridgehead atoms. The van der Waals surface area contributed by atoms with Crippen LogP contribution >= 0.6 is 27.5 Å². The predicted molar refractivity (Wildman–Crippen MR) is 56.6 cm³/mol. The number of hydrogen-bond donors (Lipinski definition) is 0. The first-order valence-corrected chi connectivity index (χ1v) is 4.89. The van der Waals surface area contributed by atoms with Crippen LogP contribution in [0.15, 0.2) is 34.8 Å². The second kappa shape index (κ2) is 3.28. The van der Waals surface area contributed by atoms with Gasteiger partial charge in [0.25, 0.3) is 0 Å². The van der Waals surface area contributed by atoms with Gasteiger partial charge in [0.2, 0.25) is 0 Å². The van der Waals surface area contributed by atoms with E-state index in [4.69, 9.17) is 11.6 Å². The van der Waals surface area contributed by atoms with Gasteiger partial charge >= 0.3 is 0 Å². The van der Waals surface area contributed by atoms with Crippen LogP contribution in [-0.4, -0.2) is 0 Å². The molecule has 0 aromatic heterocycles. The van der Waals surface area contributed by atoms with E-state index < -0.39 is 5.82 Å². The maximum atomic E-state index is 13.1. The molecule has 0 fully saturated rings. The molecule has 0 N–H and O–H groups in total. The van der Waals surface area contributed by atoms with Crippen molar-refractivity contribution in [3.8, 4) is 0 Å². The second-order valence-corrected chi connectivity index (χ2v) is 3.93. The van der Waals surface area contributed by atoms with Gasteiger partial charge < -0.3 is 0 Å². The SMILES string of the molecule is Fc1cc(Br)c2ccccc2c1Cl. The molecule has 0 heterocycles. The minimum Gasteiger partial charge on any atom is -0.205 e. The molecule has 66 valence electrons. The molecule has 2 aromatic carbocycles. The summed E-state index contributed by atoms with van der Waals surface area (Å²) in [6.07, 6.45) is 0. The third kappa shape index (κ3) is 1.45. The van der Waals surface area contributed by atoms with E-state index in [-0.39, 0.29) is 5.02 Å². The van der Waals surface area contributed by atoms with Crippen LogP contribution in [0.25, 0.3) is 10.8 Å². The Morgan fingerprint density at radius 3 is 2.46 bits per heavy atom. The molecule has 2 aromatic rings. The molecule has 0 aliphatic heterocycles. The maximum Gasteiger partial charge on any atom is 0.143 e. The van der Waals surface area contributed by atoms with Crippen molar-refractivity contribution in [1.82, 2.24) is 0 Å². The highest BCUT2D eigenvalue weighted by Gasteiger charge is 2.07. The lowest BCUT2D eigenvalue weighted by molar-refractivity contribution is 0.629. The second-order valence-electron chi connectivity index (χ2n) is 2.70. The van der Waals surface area contributed by atoms with Gasteiger partial charge in [0.1, 0.15) is 5.82 Å². The van der Waals surface area contributed by atoms with Crippen LogP contribution in [0.4, 0.5) is 4.39 Å². The average molecular weight is 260 g/mol. The van der Waals surface area contributed by atoms with Crippen LogP contribution < -0.4 is 0 Å². The minimum absolute atomic E-state index is 0.179. The molecule has 2 rings (SSSR count). The van der Waals surface area contributed by atoms with Crippen LogP contribution in [-0.2, 0) is 0 Å². The van der Waals surface area contributed by atoms with Crippen molar-refractivity contribution in [3.05, 3.63) is 45.6 Å². The van der Waals surface area contributed by atoms with Gasteiger partial charge in [-0.05, 0) is 11.5 Å². The van der Waals surface area contributed by atoms with Gasteiger partial charge in [0.15, 0.2) is 0 Å². The lowest BCUT2D eigenvalue weighted by Crippen LogP contribution is -1.81. The van der Waals surface area contributed by atoms with Crippen molar-refractivity contribution in [2.45, 2.75) is 0 Å². The van der Waals surface area contributed by atoms with Gasteiger partial charge in [-0.15, -0.1) is 0 Å². The normalized spacial score (nSPS) is 10.7. The van der Waals surface area contributed by atoms with Gasteiger partial charge in [-0.1, -0.05) is 51.8 Å². The Bertz CT molecular complexity index is 468. The van der Waals surface area contributed by atoms with Crippen LogP contribution in [0, 0.1) is 5.82 Å². The van der Waals surface area contributed by atoms with Crippen molar-refractivity contribution in [2.75, 3.05) is 0 Å². The monoisotopic (exact) mass is 258 g/mol. The first-order valence-electron chi connectivity index (χ1n) is 3.72. The molecule has 0 aliphatic carbocycles. The van der Waals surface area contributed by atoms with Crippen molar-refractivity contribution in [1.29, 1.82) is 0 Å². The first-order chi connectivity index (χ1) is 6.20. The van der Waals surface area contributed by atoms with Gasteiger partial charge in [0, 0.05) is 9.86 Å². The fraction of sp³-hybridized carbons (Fsp3) is 0. The molecule has 0 saturated heterocycles. The number of fused-ring (bicyclic) bond motifs is 1. The lowest BCUT2D eigenvalue weighted by atomic mass is 10.1. The summed E-state index contributed by atoms with van der Waals surface area (Å²) in [5.41, 5.74) is 0. The zero-order valence-corrected chi connectivity index (χ0v) is 8.86. The third-order valence-electron chi connectivity index (χ3n) is 1.88. The number of benzene rings is 2. The van der Waals surface area contributed by atoms with Gasteiger partial charge in [0.05, 0.1) is 5.02 Å². The molecule has 0 amide bonds. The summed E-state index contributed by atoms with van der Waals surface area (Å²) >= 11 is 9.09. The molecule has 0 atom stereocenters. The molecule has 0 saturated carbocycles. The van der Waals surface area contributed by atoms with Crippen LogP contribution in [0.5, 0.6) is 0 Å². The van der Waals surface area contributed by atoms with E-state index in [0.717, 1.165) is 15.2 Å². The fourth-order valence-electron chi connectivity index (χ4n) is 1.26. The summed E-state index contributed by atoms with van der Waals surface area (Å²) in [4.78, 5) is 0. The largest absolute Gasteiger partial charge is 0.205 e. The number of halogens is 3. The Hall–Kier alpha value is -0.600. The number of rotatable bonds is 0. The van der Waals surface area contributed by atoms with Crippen LogP contribution in [0.2, 0.25) is 5.02 Å². The molecule has 0 spiro atoms. The van der Waals surface area contributed by atoms with Crippen molar-refractivity contribution < 1.29 is 4.39 Å². The summed E-state index contributed by atoms with van der Waals surface area (Å²) in [6.45, 7) is 0. The Morgan fingerprint density at radius 2 is 1.77 bits per heavy atom. The van der Waals surface area contributed by atoms with E-state index in [9.17, 15) is 4.39 Å². The van der Waals surface area contributed by atoms with E-state index in [2.05, 4.69) is 15.9 Å². The first kappa shape index (κ1) is 8.97. The Balaban J connectivity index is 2.97. The Kier molecular flexibility index (Phi) is 2.26. The Labute approximate surface area is 88.4 Å². The molecule has 3 heteroatoms. The van der Waals surface area contributed by atoms with E-state index >= 15 is 0 Å². The van der Waals surface area contributed by atoms with Gasteiger partial charge in [-0.25, -0.2) is 4.39 Å². The van der Waals surface area contributed by atoms with Crippen LogP contribution in [0.3, 0.4) is 0 Å². The molecule has 0 radical (unpaired) electrons. The molecule has 0 aliphatic rings. The Morgan fingerprint density at radius 1 is 1.15 bits per heavy atom. The highest BCUT2D eigenvalue weighted by Crippen LogP contribution is 2.31. The lowest BCUT2D eigenvalue weighted by Gasteiger charge is -2.03. The van der Waals surface area contributed by atoms with Gasteiger partial charge in [-0.3, -0.25) is 0 Å². The molecular formula is C10H5BrClF. The minimum atomic E-state index is -0.396. The van der Waals surface area contributed by atoms with Crippen molar-refractivity contribution in [2.24, 2.45) is 0 Å². The molecule has 0 nitrogen and oxygen atoms in total. The zero-order chi connectivity index (χ0) is 9.42. The van der Waals surface area contributed by atoms with E-state index in [1.807, 2.05) is 18.2 Å². The van der Waals surface area contributed by atoms with E-state index in [1.165, 1.54) is 6.07 Å². The summed E-state index contributed by atoms with van der Waals surface area (Å²) < 4.78 is 13.9. The molecule has 13 heavy (non-hydrogen) atoms. The van der Waals surface area contributed by atoms with E-state index in [0.29, 0.717) is 0 Å². The molecular weight excluding hydrogens is 254 g/mol. The quantitative estimate of drug-likeness (QED) is 0.615. The van der Waals surface area contributed by atoms with E-state index in [1.54, 1.807) is 6.07 Å². The van der Waals surface area contributed by atoms with Crippen molar-refractivity contribution in [3.63, 3.8) is 0 Å². The maximum absolute atomic E-state index is 13.1. The summed E-state index contributed by atoms with van der Waals surface area (Å²) in [6, 6.07) is 8.79. The number of hydrogen-bond acceptors (Lipinski definition) is 0. The van der Waals surface area contributed by atoms with Crippen LogP contribution in [0.1, 0.15) is 0 Å². The molecule has 0 unspecified atom stereocenters. The fourth-order valence-corrected chi connectivity index (χ4v) is 2.03.